The summed E-state index contributed by atoms with van der Waals surface area (Å²) >= 11 is 0. The van der Waals surface area contributed by atoms with Crippen LogP contribution in [0.3, 0.4) is 0 Å². The SMILES string of the molecule is Cc1ccc(-c2c(C)c3c(c(C)c2[C@H](OC(C)(C)C)C(=O)O)N(S(C)(=O)=O)Cc2cccc(N)c2-3)cc1. The van der Waals surface area contributed by atoms with Crippen LogP contribution in [0.25, 0.3) is 22.3 Å². The predicted octanol–water partition coefficient (Wildman–Crippen LogP) is 5.75. The third-order valence-corrected chi connectivity index (χ3v) is 7.82. The number of aliphatic carboxylic acids is 1. The number of fused-ring (bicyclic) bond motifs is 3. The lowest BCUT2D eigenvalue weighted by Gasteiger charge is -2.37. The second kappa shape index (κ2) is 9.19. The van der Waals surface area contributed by atoms with Crippen molar-refractivity contribution in [2.24, 2.45) is 0 Å². The summed E-state index contributed by atoms with van der Waals surface area (Å²) in [6, 6.07) is 13.3. The van der Waals surface area contributed by atoms with Crippen LogP contribution < -0.4 is 10.0 Å². The Labute approximate surface area is 218 Å². The monoisotopic (exact) mass is 522 g/mol. The lowest BCUT2D eigenvalue weighted by atomic mass is 9.79. The Kier molecular flexibility index (Phi) is 6.63. The van der Waals surface area contributed by atoms with Crippen LogP contribution in [0.1, 0.15) is 54.7 Å². The summed E-state index contributed by atoms with van der Waals surface area (Å²) in [5, 5.41) is 10.4. The Hall–Kier alpha value is -3.36. The first-order valence-electron chi connectivity index (χ1n) is 12.1. The predicted molar refractivity (Wildman–Crippen MR) is 148 cm³/mol. The van der Waals surface area contributed by atoms with Gasteiger partial charge in [0.15, 0.2) is 6.10 Å². The van der Waals surface area contributed by atoms with Gasteiger partial charge in [0.05, 0.1) is 24.1 Å². The molecule has 0 amide bonds. The molecule has 7 nitrogen and oxygen atoms in total. The Bertz CT molecular complexity index is 1500. The highest BCUT2D eigenvalue weighted by molar-refractivity contribution is 7.92. The van der Waals surface area contributed by atoms with Crippen LogP contribution in [0.2, 0.25) is 0 Å². The maximum absolute atomic E-state index is 13.1. The van der Waals surface area contributed by atoms with Gasteiger partial charge in [-0.3, -0.25) is 4.31 Å². The third-order valence-electron chi connectivity index (χ3n) is 6.71. The van der Waals surface area contributed by atoms with Gasteiger partial charge in [0.1, 0.15) is 0 Å². The Balaban J connectivity index is 2.23. The average molecular weight is 523 g/mol. The minimum atomic E-state index is -3.71. The molecule has 1 aliphatic heterocycles. The van der Waals surface area contributed by atoms with Crippen LogP contribution in [0.15, 0.2) is 42.5 Å². The Morgan fingerprint density at radius 3 is 2.16 bits per heavy atom. The second-order valence-electron chi connectivity index (χ2n) is 10.7. The van der Waals surface area contributed by atoms with Crippen LogP contribution in [-0.4, -0.2) is 31.4 Å². The van der Waals surface area contributed by atoms with Gasteiger partial charge in [-0.05, 0) is 75.4 Å². The molecule has 196 valence electrons. The van der Waals surface area contributed by atoms with E-state index in [-0.39, 0.29) is 6.54 Å². The van der Waals surface area contributed by atoms with Gasteiger partial charge in [0.2, 0.25) is 10.0 Å². The number of nitrogens with zero attached hydrogens (tertiary/aromatic N) is 1. The summed E-state index contributed by atoms with van der Waals surface area (Å²) in [7, 11) is -3.71. The second-order valence-corrected chi connectivity index (χ2v) is 12.6. The molecule has 0 saturated carbocycles. The number of carboxylic acid groups (broad SMARTS) is 1. The number of benzene rings is 3. The van der Waals surface area contributed by atoms with Crippen molar-refractivity contribution < 1.29 is 23.1 Å². The highest BCUT2D eigenvalue weighted by Gasteiger charge is 2.38. The zero-order valence-electron chi connectivity index (χ0n) is 22.3. The van der Waals surface area contributed by atoms with E-state index in [2.05, 4.69) is 0 Å². The van der Waals surface area contributed by atoms with Crippen LogP contribution in [0.4, 0.5) is 11.4 Å². The molecule has 3 aromatic rings. The molecule has 0 bridgehead atoms. The molecule has 0 saturated heterocycles. The maximum Gasteiger partial charge on any atom is 0.337 e. The van der Waals surface area contributed by atoms with E-state index in [0.29, 0.717) is 33.6 Å². The van der Waals surface area contributed by atoms with Crippen LogP contribution in [-0.2, 0) is 26.1 Å². The van der Waals surface area contributed by atoms with Gasteiger partial charge in [0.25, 0.3) is 0 Å². The number of rotatable bonds is 5. The topological polar surface area (TPSA) is 110 Å². The number of carbonyl (C=O) groups is 1. The number of nitrogens with two attached hydrogens (primary N) is 1. The molecule has 0 fully saturated rings. The fourth-order valence-corrected chi connectivity index (χ4v) is 6.14. The summed E-state index contributed by atoms with van der Waals surface area (Å²) in [4.78, 5) is 12.7. The van der Waals surface area contributed by atoms with Gasteiger partial charge in [-0.1, -0.05) is 42.0 Å². The lowest BCUT2D eigenvalue weighted by molar-refractivity contribution is -0.160. The van der Waals surface area contributed by atoms with Gasteiger partial charge in [-0.15, -0.1) is 0 Å². The van der Waals surface area contributed by atoms with E-state index in [1.807, 2.05) is 50.2 Å². The zero-order valence-corrected chi connectivity index (χ0v) is 23.2. The highest BCUT2D eigenvalue weighted by atomic mass is 32.2. The first-order valence-corrected chi connectivity index (χ1v) is 14.0. The van der Waals surface area contributed by atoms with Crippen molar-refractivity contribution in [3.05, 3.63) is 70.3 Å². The first kappa shape index (κ1) is 26.7. The van der Waals surface area contributed by atoms with E-state index in [4.69, 9.17) is 10.5 Å². The maximum atomic E-state index is 13.1. The molecule has 0 aromatic heterocycles. The first-order chi connectivity index (χ1) is 17.1. The number of ether oxygens (including phenoxy) is 1. The number of aryl methyl sites for hydroxylation is 1. The summed E-state index contributed by atoms with van der Waals surface area (Å²) in [5.41, 5.74) is 13.3. The number of hydrogen-bond acceptors (Lipinski definition) is 5. The highest BCUT2D eigenvalue weighted by Crippen LogP contribution is 2.52. The summed E-state index contributed by atoms with van der Waals surface area (Å²) in [5.74, 6) is -1.15. The largest absolute Gasteiger partial charge is 0.479 e. The molecule has 8 heteroatoms. The van der Waals surface area contributed by atoms with Crippen molar-refractivity contribution in [3.63, 3.8) is 0 Å². The van der Waals surface area contributed by atoms with Gasteiger partial charge in [-0.25, -0.2) is 13.2 Å². The number of anilines is 2. The smallest absolute Gasteiger partial charge is 0.337 e. The number of carboxylic acids is 1. The van der Waals surface area contributed by atoms with Crippen molar-refractivity contribution in [1.29, 1.82) is 0 Å². The van der Waals surface area contributed by atoms with Crippen molar-refractivity contribution in [2.75, 3.05) is 16.3 Å². The van der Waals surface area contributed by atoms with Gasteiger partial charge in [0, 0.05) is 22.4 Å². The average Bonchev–Trinajstić information content (AvgIpc) is 2.78. The van der Waals surface area contributed by atoms with E-state index in [9.17, 15) is 18.3 Å². The van der Waals surface area contributed by atoms with E-state index in [0.717, 1.165) is 34.1 Å². The minimum absolute atomic E-state index is 0.105. The van der Waals surface area contributed by atoms with Crippen molar-refractivity contribution in [1.82, 2.24) is 0 Å². The van der Waals surface area contributed by atoms with Crippen LogP contribution in [0, 0.1) is 20.8 Å². The molecular weight excluding hydrogens is 488 g/mol. The van der Waals surface area contributed by atoms with Crippen molar-refractivity contribution in [2.45, 2.75) is 59.8 Å². The molecule has 1 atom stereocenters. The minimum Gasteiger partial charge on any atom is -0.479 e. The van der Waals surface area contributed by atoms with Gasteiger partial charge < -0.3 is 15.6 Å². The quantitative estimate of drug-likeness (QED) is 0.413. The molecule has 1 heterocycles. The van der Waals surface area contributed by atoms with E-state index in [1.54, 1.807) is 33.8 Å². The molecule has 3 N–H and O–H groups in total. The number of nitrogen functional groups attached to an aromatic ring is 1. The molecule has 0 spiro atoms. The molecular formula is C29H34N2O5S. The molecule has 0 radical (unpaired) electrons. The number of hydrogen-bond donors (Lipinski definition) is 2. The van der Waals surface area contributed by atoms with E-state index in [1.165, 1.54) is 4.31 Å². The van der Waals surface area contributed by atoms with Crippen LogP contribution >= 0.6 is 0 Å². The third kappa shape index (κ3) is 4.83. The summed E-state index contributed by atoms with van der Waals surface area (Å²) in [6.45, 7) is 11.2. The summed E-state index contributed by atoms with van der Waals surface area (Å²) in [6.07, 6.45) is -0.160. The van der Waals surface area contributed by atoms with Crippen LogP contribution in [0.5, 0.6) is 0 Å². The standard InChI is InChI=1S/C29H34N2O5S/c1-16-11-13-19(14-12-16)22-17(2)23-25-20(9-8-10-21(25)30)15-31(37(7,34)35)26(23)18(3)24(22)27(28(32)33)36-29(4,5)6/h8-14,27H,15,30H2,1-7H3,(H,32,33)/t27-/m0/s1. The molecule has 0 unspecified atom stereocenters. The Morgan fingerprint density at radius 1 is 1.00 bits per heavy atom. The van der Waals surface area contributed by atoms with E-state index < -0.39 is 27.7 Å². The molecule has 4 rings (SSSR count). The molecule has 0 aliphatic carbocycles. The molecule has 37 heavy (non-hydrogen) atoms. The van der Waals surface area contributed by atoms with E-state index >= 15 is 0 Å². The molecule has 1 aliphatic rings. The molecule has 3 aromatic carbocycles. The number of sulfonamides is 1. The van der Waals surface area contributed by atoms with Gasteiger partial charge in [-0.2, -0.15) is 0 Å². The summed E-state index contributed by atoms with van der Waals surface area (Å²) < 4.78 is 33.7. The normalized spacial score (nSPS) is 14.2. The fourth-order valence-electron chi connectivity index (χ4n) is 5.20. The van der Waals surface area contributed by atoms with Crippen molar-refractivity contribution >= 4 is 27.4 Å². The Morgan fingerprint density at radius 2 is 1.62 bits per heavy atom. The fraction of sp³-hybridized carbons (Fsp3) is 0.345. The van der Waals surface area contributed by atoms with Crippen molar-refractivity contribution in [3.8, 4) is 22.3 Å². The lowest BCUT2D eigenvalue weighted by Crippen LogP contribution is -2.35. The van der Waals surface area contributed by atoms with Gasteiger partial charge >= 0.3 is 5.97 Å². The zero-order chi connectivity index (χ0) is 27.4.